The molecule has 0 aromatic heterocycles. The maximum atomic E-state index is 12.4. The van der Waals surface area contributed by atoms with Gasteiger partial charge in [0.25, 0.3) is 0 Å². The normalized spacial score (nSPS) is 18.7. The fourth-order valence-electron chi connectivity index (χ4n) is 1.31. The van der Waals surface area contributed by atoms with Crippen molar-refractivity contribution in [2.45, 2.75) is 37.9 Å². The van der Waals surface area contributed by atoms with Gasteiger partial charge >= 0.3 is 6.18 Å². The van der Waals surface area contributed by atoms with E-state index in [9.17, 15) is 18.0 Å². The van der Waals surface area contributed by atoms with Crippen molar-refractivity contribution in [3.63, 3.8) is 0 Å². The molecule has 15 heavy (non-hydrogen) atoms. The maximum absolute atomic E-state index is 12.4. The lowest BCUT2D eigenvalue weighted by Crippen LogP contribution is -2.48. The number of halogens is 3. The Morgan fingerprint density at radius 1 is 1.40 bits per heavy atom. The predicted molar refractivity (Wildman–Crippen MR) is 49.3 cm³/mol. The van der Waals surface area contributed by atoms with Crippen molar-refractivity contribution < 1.29 is 18.0 Å². The molecule has 0 saturated heterocycles. The molecule has 0 heterocycles. The number of hydrogen-bond acceptors (Lipinski definition) is 2. The van der Waals surface area contributed by atoms with Gasteiger partial charge in [0.05, 0.1) is 0 Å². The third kappa shape index (κ3) is 3.09. The minimum atomic E-state index is -4.32. The van der Waals surface area contributed by atoms with Crippen LogP contribution in [0.4, 0.5) is 13.2 Å². The van der Waals surface area contributed by atoms with Crippen LogP contribution in [0.1, 0.15) is 26.2 Å². The molecular weight excluding hydrogens is 209 g/mol. The van der Waals surface area contributed by atoms with Crippen LogP contribution in [0.2, 0.25) is 0 Å². The van der Waals surface area contributed by atoms with Crippen LogP contribution in [0.3, 0.4) is 0 Å². The van der Waals surface area contributed by atoms with E-state index in [0.29, 0.717) is 13.1 Å². The highest BCUT2D eigenvalue weighted by Gasteiger charge is 2.64. The Morgan fingerprint density at radius 2 is 2.00 bits per heavy atom. The van der Waals surface area contributed by atoms with Crippen LogP contribution in [-0.2, 0) is 4.79 Å². The van der Waals surface area contributed by atoms with E-state index in [4.69, 9.17) is 0 Å². The molecule has 0 aliphatic heterocycles. The van der Waals surface area contributed by atoms with Crippen molar-refractivity contribution >= 4 is 5.91 Å². The molecule has 3 nitrogen and oxygen atoms in total. The summed E-state index contributed by atoms with van der Waals surface area (Å²) >= 11 is 0. The lowest BCUT2D eigenvalue weighted by molar-refractivity contribution is -0.170. The Labute approximate surface area is 86.4 Å². The van der Waals surface area contributed by atoms with E-state index in [1.54, 1.807) is 0 Å². The monoisotopic (exact) mass is 224 g/mol. The zero-order valence-electron chi connectivity index (χ0n) is 8.58. The highest BCUT2D eigenvalue weighted by atomic mass is 19.4. The molecule has 88 valence electrons. The van der Waals surface area contributed by atoms with Gasteiger partial charge in [-0.2, -0.15) is 13.2 Å². The largest absolute Gasteiger partial charge is 0.411 e. The van der Waals surface area contributed by atoms with Gasteiger partial charge in [-0.15, -0.1) is 0 Å². The van der Waals surface area contributed by atoms with Crippen molar-refractivity contribution in [2.24, 2.45) is 0 Å². The number of rotatable bonds is 5. The van der Waals surface area contributed by atoms with E-state index in [-0.39, 0.29) is 19.3 Å². The molecule has 2 N–H and O–H groups in total. The van der Waals surface area contributed by atoms with Crippen LogP contribution < -0.4 is 10.6 Å². The molecule has 1 aliphatic rings. The molecule has 6 heteroatoms. The summed E-state index contributed by atoms with van der Waals surface area (Å²) < 4.78 is 37.2. The minimum absolute atomic E-state index is 0.00342. The van der Waals surface area contributed by atoms with Crippen LogP contribution in [0.15, 0.2) is 0 Å². The summed E-state index contributed by atoms with van der Waals surface area (Å²) in [6.07, 6.45) is -4.22. The summed E-state index contributed by atoms with van der Waals surface area (Å²) in [5.41, 5.74) is -1.92. The van der Waals surface area contributed by atoms with Crippen molar-refractivity contribution in [1.82, 2.24) is 10.6 Å². The first-order valence-corrected chi connectivity index (χ1v) is 5.00. The van der Waals surface area contributed by atoms with E-state index in [0.717, 1.165) is 0 Å². The summed E-state index contributed by atoms with van der Waals surface area (Å²) in [6.45, 7) is 2.99. The Kier molecular flexibility index (Phi) is 3.59. The molecule has 1 fully saturated rings. The number of hydrogen-bond donors (Lipinski definition) is 2. The Balaban J connectivity index is 2.32. The first kappa shape index (κ1) is 12.3. The minimum Gasteiger partial charge on any atom is -0.342 e. The molecule has 0 radical (unpaired) electrons. The average Bonchev–Trinajstić information content (AvgIpc) is 2.84. The summed E-state index contributed by atoms with van der Waals surface area (Å²) in [5, 5.41) is 4.94. The van der Waals surface area contributed by atoms with E-state index < -0.39 is 17.6 Å². The van der Waals surface area contributed by atoms with Crippen LogP contribution in [-0.4, -0.2) is 30.7 Å². The lowest BCUT2D eigenvalue weighted by Gasteiger charge is -2.20. The van der Waals surface area contributed by atoms with Crippen molar-refractivity contribution in [2.75, 3.05) is 13.1 Å². The van der Waals surface area contributed by atoms with Crippen LogP contribution in [0.5, 0.6) is 0 Å². The number of carbonyl (C=O) groups is 1. The van der Waals surface area contributed by atoms with Crippen LogP contribution in [0.25, 0.3) is 0 Å². The molecule has 1 rings (SSSR count). The number of alkyl halides is 3. The SMILES string of the molecule is CCNCCC(=O)NC1(C(F)(F)F)CC1. The standard InChI is InChI=1S/C9H15F3N2O/c1-2-13-6-3-7(15)14-8(4-5-8)9(10,11)12/h13H,2-6H2,1H3,(H,14,15). The summed E-state index contributed by atoms with van der Waals surface area (Å²) in [7, 11) is 0. The molecular formula is C9H15F3N2O. The molecule has 0 spiro atoms. The Morgan fingerprint density at radius 3 is 2.40 bits per heavy atom. The highest BCUT2D eigenvalue weighted by Crippen LogP contribution is 2.48. The summed E-state index contributed by atoms with van der Waals surface area (Å²) in [6, 6.07) is 0. The van der Waals surface area contributed by atoms with Gasteiger partial charge in [-0.1, -0.05) is 6.92 Å². The van der Waals surface area contributed by atoms with Crippen molar-refractivity contribution in [1.29, 1.82) is 0 Å². The van der Waals surface area contributed by atoms with Gasteiger partial charge in [-0.05, 0) is 19.4 Å². The number of carbonyl (C=O) groups excluding carboxylic acids is 1. The Hall–Kier alpha value is -0.780. The lowest BCUT2D eigenvalue weighted by atomic mass is 10.2. The third-order valence-corrected chi connectivity index (χ3v) is 2.45. The van der Waals surface area contributed by atoms with E-state index in [1.807, 2.05) is 6.92 Å². The number of nitrogens with one attached hydrogen (secondary N) is 2. The van der Waals surface area contributed by atoms with Gasteiger partial charge in [0, 0.05) is 13.0 Å². The van der Waals surface area contributed by atoms with Gasteiger partial charge in [-0.25, -0.2) is 0 Å². The first-order valence-electron chi connectivity index (χ1n) is 5.00. The second-order valence-electron chi connectivity index (χ2n) is 3.73. The smallest absolute Gasteiger partial charge is 0.342 e. The quantitative estimate of drug-likeness (QED) is 0.689. The summed E-state index contributed by atoms with van der Waals surface area (Å²) in [5.74, 6) is -0.536. The molecule has 1 aliphatic carbocycles. The molecule has 0 atom stereocenters. The van der Waals surface area contributed by atoms with Crippen molar-refractivity contribution in [3.05, 3.63) is 0 Å². The molecule has 0 unspecified atom stereocenters. The second-order valence-corrected chi connectivity index (χ2v) is 3.73. The molecule has 1 amide bonds. The zero-order valence-corrected chi connectivity index (χ0v) is 8.58. The third-order valence-electron chi connectivity index (χ3n) is 2.45. The molecule has 0 bridgehead atoms. The Bertz CT molecular complexity index is 236. The van der Waals surface area contributed by atoms with E-state index in [2.05, 4.69) is 10.6 Å². The van der Waals surface area contributed by atoms with E-state index in [1.165, 1.54) is 0 Å². The second kappa shape index (κ2) is 4.38. The predicted octanol–water partition coefficient (Wildman–Crippen LogP) is 1.20. The van der Waals surface area contributed by atoms with Gasteiger partial charge in [0.1, 0.15) is 5.54 Å². The van der Waals surface area contributed by atoms with Crippen LogP contribution in [0, 0.1) is 0 Å². The fraction of sp³-hybridized carbons (Fsp3) is 0.889. The van der Waals surface area contributed by atoms with Crippen molar-refractivity contribution in [3.8, 4) is 0 Å². The topological polar surface area (TPSA) is 41.1 Å². The molecule has 1 saturated carbocycles. The van der Waals surface area contributed by atoms with Crippen LogP contribution >= 0.6 is 0 Å². The van der Waals surface area contributed by atoms with Gasteiger partial charge in [-0.3, -0.25) is 4.79 Å². The molecule has 0 aromatic carbocycles. The maximum Gasteiger partial charge on any atom is 0.411 e. The highest BCUT2D eigenvalue weighted by molar-refractivity contribution is 5.77. The van der Waals surface area contributed by atoms with Gasteiger partial charge in [0.2, 0.25) is 5.91 Å². The first-order chi connectivity index (χ1) is 6.91. The fourth-order valence-corrected chi connectivity index (χ4v) is 1.31. The van der Waals surface area contributed by atoms with Gasteiger partial charge in [0.15, 0.2) is 0 Å². The number of amides is 1. The van der Waals surface area contributed by atoms with E-state index >= 15 is 0 Å². The molecule has 0 aromatic rings. The summed E-state index contributed by atoms with van der Waals surface area (Å²) in [4.78, 5) is 11.2. The average molecular weight is 224 g/mol. The van der Waals surface area contributed by atoms with Gasteiger partial charge < -0.3 is 10.6 Å². The zero-order chi connectivity index (χ0) is 11.5.